The molecule has 2 N–H and O–H groups in total. The first kappa shape index (κ1) is 16.3. The van der Waals surface area contributed by atoms with Crippen LogP contribution in [-0.2, 0) is 4.79 Å². The Kier molecular flexibility index (Phi) is 4.52. The minimum absolute atomic E-state index is 0.0830. The highest BCUT2D eigenvalue weighted by molar-refractivity contribution is 5.83. The number of anilines is 1. The van der Waals surface area contributed by atoms with Gasteiger partial charge in [0.05, 0.1) is 12.4 Å². The van der Waals surface area contributed by atoms with Gasteiger partial charge in [0, 0.05) is 32.2 Å². The molecule has 2 aliphatic rings. The number of rotatable bonds is 4. The van der Waals surface area contributed by atoms with Gasteiger partial charge < -0.3 is 15.2 Å². The van der Waals surface area contributed by atoms with Crippen molar-refractivity contribution in [2.24, 2.45) is 0 Å². The van der Waals surface area contributed by atoms with Gasteiger partial charge in [0.1, 0.15) is 11.8 Å². The van der Waals surface area contributed by atoms with Crippen molar-refractivity contribution in [3.8, 4) is 0 Å². The highest BCUT2D eigenvalue weighted by atomic mass is 16.2. The summed E-state index contributed by atoms with van der Waals surface area (Å²) in [6, 6.07) is 0.297. The van der Waals surface area contributed by atoms with Crippen molar-refractivity contribution in [2.45, 2.75) is 44.7 Å². The SMILES string of the molecule is CC(C(=O)NC1CCCC1)N1CCN(c2ncnc3nc[nH]c23)CC1. The Morgan fingerprint density at radius 1 is 1.20 bits per heavy atom. The number of fused-ring (bicyclic) bond motifs is 1. The normalized spacial score (nSPS) is 20.9. The average molecular weight is 343 g/mol. The van der Waals surface area contributed by atoms with Crippen LogP contribution in [0.5, 0.6) is 0 Å². The number of nitrogens with zero attached hydrogens (tertiary/aromatic N) is 5. The highest BCUT2D eigenvalue weighted by Crippen LogP contribution is 2.22. The molecule has 1 saturated carbocycles. The molecule has 2 aromatic heterocycles. The highest BCUT2D eigenvalue weighted by Gasteiger charge is 2.28. The molecule has 8 heteroatoms. The molecule has 1 saturated heterocycles. The predicted molar refractivity (Wildman–Crippen MR) is 95.3 cm³/mol. The summed E-state index contributed by atoms with van der Waals surface area (Å²) in [7, 11) is 0. The summed E-state index contributed by atoms with van der Waals surface area (Å²) in [5.41, 5.74) is 1.57. The Hall–Kier alpha value is -2.22. The first-order valence-electron chi connectivity index (χ1n) is 9.16. The Morgan fingerprint density at radius 3 is 2.72 bits per heavy atom. The summed E-state index contributed by atoms with van der Waals surface area (Å²) in [5.74, 6) is 1.06. The number of H-pyrrole nitrogens is 1. The second-order valence-electron chi connectivity index (χ2n) is 6.99. The van der Waals surface area contributed by atoms with Crippen LogP contribution in [0.2, 0.25) is 0 Å². The molecule has 0 spiro atoms. The number of piperazine rings is 1. The van der Waals surface area contributed by atoms with Crippen molar-refractivity contribution < 1.29 is 4.79 Å². The summed E-state index contributed by atoms with van der Waals surface area (Å²) in [4.78, 5) is 32.9. The Bertz CT molecular complexity index is 731. The number of amides is 1. The summed E-state index contributed by atoms with van der Waals surface area (Å²) in [6.45, 7) is 5.38. The van der Waals surface area contributed by atoms with Crippen LogP contribution >= 0.6 is 0 Å². The fraction of sp³-hybridized carbons (Fsp3) is 0.647. The van der Waals surface area contributed by atoms with E-state index in [-0.39, 0.29) is 11.9 Å². The number of aromatic nitrogens is 4. The van der Waals surface area contributed by atoms with Gasteiger partial charge in [-0.25, -0.2) is 15.0 Å². The summed E-state index contributed by atoms with van der Waals surface area (Å²) < 4.78 is 0. The molecule has 1 aliphatic carbocycles. The zero-order chi connectivity index (χ0) is 17.2. The first-order chi connectivity index (χ1) is 12.2. The number of nitrogens with one attached hydrogen (secondary N) is 2. The summed E-state index contributed by atoms with van der Waals surface area (Å²) in [6.07, 6.45) is 7.93. The number of imidazole rings is 1. The maximum atomic E-state index is 12.5. The van der Waals surface area contributed by atoms with Gasteiger partial charge in [0.15, 0.2) is 11.5 Å². The van der Waals surface area contributed by atoms with Gasteiger partial charge in [0.25, 0.3) is 0 Å². The number of hydrogen-bond acceptors (Lipinski definition) is 6. The van der Waals surface area contributed by atoms with E-state index < -0.39 is 0 Å². The van der Waals surface area contributed by atoms with Crippen molar-refractivity contribution in [1.29, 1.82) is 0 Å². The van der Waals surface area contributed by atoms with Gasteiger partial charge in [0.2, 0.25) is 5.91 Å². The Balaban J connectivity index is 1.36. The minimum atomic E-state index is -0.0830. The van der Waals surface area contributed by atoms with Crippen LogP contribution in [0.4, 0.5) is 5.82 Å². The monoisotopic (exact) mass is 343 g/mol. The van der Waals surface area contributed by atoms with E-state index in [1.165, 1.54) is 12.8 Å². The molecule has 25 heavy (non-hydrogen) atoms. The lowest BCUT2D eigenvalue weighted by Crippen LogP contribution is -2.55. The zero-order valence-electron chi connectivity index (χ0n) is 14.6. The van der Waals surface area contributed by atoms with E-state index in [9.17, 15) is 4.79 Å². The molecule has 8 nitrogen and oxygen atoms in total. The molecule has 2 fully saturated rings. The van der Waals surface area contributed by atoms with Crippen LogP contribution in [0.1, 0.15) is 32.6 Å². The third-order valence-corrected chi connectivity index (χ3v) is 5.45. The fourth-order valence-corrected chi connectivity index (χ4v) is 3.87. The quantitative estimate of drug-likeness (QED) is 0.858. The zero-order valence-corrected chi connectivity index (χ0v) is 14.6. The molecule has 134 valence electrons. The van der Waals surface area contributed by atoms with E-state index in [1.54, 1.807) is 12.7 Å². The van der Waals surface area contributed by atoms with E-state index in [4.69, 9.17) is 0 Å². The lowest BCUT2D eigenvalue weighted by molar-refractivity contribution is -0.126. The maximum Gasteiger partial charge on any atom is 0.237 e. The lowest BCUT2D eigenvalue weighted by atomic mass is 10.2. The number of hydrogen-bond donors (Lipinski definition) is 2. The molecule has 0 radical (unpaired) electrons. The predicted octanol–water partition coefficient (Wildman–Crippen LogP) is 0.922. The molecular weight excluding hydrogens is 318 g/mol. The van der Waals surface area contributed by atoms with Gasteiger partial charge in [-0.1, -0.05) is 12.8 Å². The van der Waals surface area contributed by atoms with E-state index >= 15 is 0 Å². The Morgan fingerprint density at radius 2 is 1.96 bits per heavy atom. The standard InChI is InChI=1S/C17H25N7O/c1-12(17(25)22-13-4-2-3-5-13)23-6-8-24(9-7-23)16-14-15(19-10-18-14)20-11-21-16/h10-13H,2-9H2,1H3,(H,22,25)(H,18,19,20,21). The molecule has 1 unspecified atom stereocenters. The number of carbonyl (C=O) groups excluding carboxylic acids is 1. The second-order valence-corrected chi connectivity index (χ2v) is 6.99. The van der Waals surface area contributed by atoms with Crippen LogP contribution in [0.25, 0.3) is 11.2 Å². The van der Waals surface area contributed by atoms with Gasteiger partial charge in [-0.05, 0) is 19.8 Å². The van der Waals surface area contributed by atoms with Crippen LogP contribution in [0.15, 0.2) is 12.7 Å². The van der Waals surface area contributed by atoms with Crippen LogP contribution < -0.4 is 10.2 Å². The van der Waals surface area contributed by atoms with Gasteiger partial charge in [-0.15, -0.1) is 0 Å². The molecular formula is C17H25N7O. The summed E-state index contributed by atoms with van der Waals surface area (Å²) in [5, 5.41) is 3.21. The topological polar surface area (TPSA) is 90.0 Å². The van der Waals surface area contributed by atoms with E-state index in [1.807, 2.05) is 6.92 Å². The molecule has 0 aromatic carbocycles. The Labute approximate surface area is 147 Å². The number of carbonyl (C=O) groups is 1. The van der Waals surface area contributed by atoms with Crippen molar-refractivity contribution in [3.05, 3.63) is 12.7 Å². The number of aromatic amines is 1. The third-order valence-electron chi connectivity index (χ3n) is 5.45. The van der Waals surface area contributed by atoms with Crippen LogP contribution in [-0.4, -0.2) is 69.0 Å². The molecule has 4 rings (SSSR count). The largest absolute Gasteiger partial charge is 0.352 e. The maximum absolute atomic E-state index is 12.5. The van der Waals surface area contributed by atoms with Gasteiger partial charge in [-0.2, -0.15) is 0 Å². The molecule has 0 bridgehead atoms. The average Bonchev–Trinajstić information content (AvgIpc) is 3.32. The minimum Gasteiger partial charge on any atom is -0.352 e. The molecule has 2 aromatic rings. The van der Waals surface area contributed by atoms with Crippen molar-refractivity contribution in [2.75, 3.05) is 31.1 Å². The molecule has 1 atom stereocenters. The van der Waals surface area contributed by atoms with E-state index in [2.05, 4.69) is 35.1 Å². The van der Waals surface area contributed by atoms with Crippen LogP contribution in [0, 0.1) is 0 Å². The first-order valence-corrected chi connectivity index (χ1v) is 9.16. The third kappa shape index (κ3) is 3.30. The smallest absolute Gasteiger partial charge is 0.237 e. The van der Waals surface area contributed by atoms with Gasteiger partial charge in [-0.3, -0.25) is 9.69 Å². The van der Waals surface area contributed by atoms with Crippen molar-refractivity contribution >= 4 is 22.9 Å². The van der Waals surface area contributed by atoms with E-state index in [0.717, 1.165) is 50.4 Å². The second kappa shape index (κ2) is 6.95. The fourth-order valence-electron chi connectivity index (χ4n) is 3.87. The summed E-state index contributed by atoms with van der Waals surface area (Å²) >= 11 is 0. The molecule has 1 amide bonds. The van der Waals surface area contributed by atoms with Crippen LogP contribution in [0.3, 0.4) is 0 Å². The van der Waals surface area contributed by atoms with Crippen molar-refractivity contribution in [3.63, 3.8) is 0 Å². The van der Waals surface area contributed by atoms with Gasteiger partial charge >= 0.3 is 0 Å². The molecule has 3 heterocycles. The van der Waals surface area contributed by atoms with E-state index in [0.29, 0.717) is 11.7 Å². The van der Waals surface area contributed by atoms with Crippen molar-refractivity contribution in [1.82, 2.24) is 30.2 Å². The molecule has 1 aliphatic heterocycles. The lowest BCUT2D eigenvalue weighted by Gasteiger charge is -2.38.